The highest BCUT2D eigenvalue weighted by atomic mass is 35.5. The van der Waals surface area contributed by atoms with E-state index in [2.05, 4.69) is 32.8 Å². The van der Waals surface area contributed by atoms with Crippen LogP contribution in [0.1, 0.15) is 12.5 Å². The summed E-state index contributed by atoms with van der Waals surface area (Å²) in [6.07, 6.45) is 1.55. The number of aromatic nitrogens is 2. The van der Waals surface area contributed by atoms with Gasteiger partial charge in [-0.15, -0.1) is 0 Å². The standard InChI is InChI=1S/C22H22Cl2N4O/c1-16-13-28(10-9-27(16)14-17-3-2-4-19(24)11-17)21-12-22(26-15-25-21)29-20-7-5-18(23)6-8-20/h2-8,11-12,15-16H,9-10,13-14H2,1H3. The molecule has 1 aromatic heterocycles. The van der Waals surface area contributed by atoms with E-state index in [0.717, 1.165) is 37.0 Å². The lowest BCUT2D eigenvalue weighted by Gasteiger charge is -2.40. The minimum Gasteiger partial charge on any atom is -0.439 e. The maximum absolute atomic E-state index is 6.12. The van der Waals surface area contributed by atoms with Crippen molar-refractivity contribution in [1.82, 2.24) is 14.9 Å². The largest absolute Gasteiger partial charge is 0.439 e. The molecule has 2 heterocycles. The van der Waals surface area contributed by atoms with E-state index in [-0.39, 0.29) is 0 Å². The Labute approximate surface area is 180 Å². The molecular weight excluding hydrogens is 407 g/mol. The number of hydrogen-bond donors (Lipinski definition) is 0. The van der Waals surface area contributed by atoms with Crippen molar-refractivity contribution in [3.8, 4) is 11.6 Å². The zero-order valence-corrected chi connectivity index (χ0v) is 17.6. The van der Waals surface area contributed by atoms with Crippen molar-refractivity contribution in [3.63, 3.8) is 0 Å². The van der Waals surface area contributed by atoms with Gasteiger partial charge in [0.05, 0.1) is 0 Å². The van der Waals surface area contributed by atoms with Gasteiger partial charge in [0.15, 0.2) is 0 Å². The lowest BCUT2D eigenvalue weighted by atomic mass is 10.1. The van der Waals surface area contributed by atoms with Crippen LogP contribution in [0.15, 0.2) is 60.9 Å². The first-order chi connectivity index (χ1) is 14.1. The third-order valence-corrected chi connectivity index (χ3v) is 5.51. The van der Waals surface area contributed by atoms with E-state index in [1.165, 1.54) is 5.56 Å². The van der Waals surface area contributed by atoms with Crippen LogP contribution in [-0.4, -0.2) is 40.5 Å². The highest BCUT2D eigenvalue weighted by Crippen LogP contribution is 2.25. The molecule has 0 aliphatic carbocycles. The molecule has 7 heteroatoms. The molecule has 1 unspecified atom stereocenters. The zero-order chi connectivity index (χ0) is 20.2. The van der Waals surface area contributed by atoms with Gasteiger partial charge in [0, 0.05) is 48.3 Å². The Kier molecular flexibility index (Phi) is 6.19. The number of ether oxygens (including phenoxy) is 1. The summed E-state index contributed by atoms with van der Waals surface area (Å²) in [6, 6.07) is 17.6. The summed E-state index contributed by atoms with van der Waals surface area (Å²) in [5.41, 5.74) is 1.23. The fourth-order valence-corrected chi connectivity index (χ4v) is 3.83. The lowest BCUT2D eigenvalue weighted by molar-refractivity contribution is 0.180. The van der Waals surface area contributed by atoms with Gasteiger partial charge in [-0.2, -0.15) is 0 Å². The second-order valence-electron chi connectivity index (χ2n) is 7.17. The summed E-state index contributed by atoms with van der Waals surface area (Å²) < 4.78 is 5.84. The van der Waals surface area contributed by atoms with Crippen molar-refractivity contribution >= 4 is 29.0 Å². The van der Waals surface area contributed by atoms with Gasteiger partial charge in [0.25, 0.3) is 0 Å². The topological polar surface area (TPSA) is 41.5 Å². The first-order valence-corrected chi connectivity index (χ1v) is 10.3. The third kappa shape index (κ3) is 5.18. The molecule has 5 nitrogen and oxygen atoms in total. The fourth-order valence-electron chi connectivity index (χ4n) is 3.49. The van der Waals surface area contributed by atoms with Gasteiger partial charge in [-0.25, -0.2) is 9.97 Å². The average Bonchev–Trinajstić information content (AvgIpc) is 2.71. The Hall–Kier alpha value is -2.34. The van der Waals surface area contributed by atoms with E-state index < -0.39 is 0 Å². The Bertz CT molecular complexity index is 967. The maximum atomic E-state index is 6.12. The molecule has 0 radical (unpaired) electrons. The van der Waals surface area contributed by atoms with Crippen LogP contribution in [-0.2, 0) is 6.54 Å². The SMILES string of the molecule is CC1CN(c2cc(Oc3ccc(Cl)cc3)ncn2)CCN1Cc1cccc(Cl)c1. The molecular formula is C22H22Cl2N4O. The number of anilines is 1. The molecule has 0 N–H and O–H groups in total. The van der Waals surface area contributed by atoms with Crippen LogP contribution < -0.4 is 9.64 Å². The van der Waals surface area contributed by atoms with Crippen LogP contribution in [0.2, 0.25) is 10.0 Å². The number of nitrogens with zero attached hydrogens (tertiary/aromatic N) is 4. The van der Waals surface area contributed by atoms with Crippen LogP contribution in [0.5, 0.6) is 11.6 Å². The van der Waals surface area contributed by atoms with E-state index >= 15 is 0 Å². The third-order valence-electron chi connectivity index (χ3n) is 5.03. The normalized spacial score (nSPS) is 17.3. The van der Waals surface area contributed by atoms with Gasteiger partial charge in [-0.1, -0.05) is 35.3 Å². The number of halogens is 2. The molecule has 4 rings (SSSR count). The minimum atomic E-state index is 0.387. The summed E-state index contributed by atoms with van der Waals surface area (Å²) in [6.45, 7) is 5.86. The molecule has 2 aromatic carbocycles. The molecule has 0 amide bonds. The van der Waals surface area contributed by atoms with Crippen LogP contribution >= 0.6 is 23.2 Å². The Morgan fingerprint density at radius 1 is 1.00 bits per heavy atom. The molecule has 0 spiro atoms. The predicted molar refractivity (Wildman–Crippen MR) is 117 cm³/mol. The van der Waals surface area contributed by atoms with E-state index in [1.807, 2.05) is 36.4 Å². The van der Waals surface area contributed by atoms with Gasteiger partial charge in [-0.3, -0.25) is 4.90 Å². The van der Waals surface area contributed by atoms with Gasteiger partial charge in [-0.05, 0) is 48.9 Å². The monoisotopic (exact) mass is 428 g/mol. The second kappa shape index (κ2) is 8.99. The van der Waals surface area contributed by atoms with Crippen molar-refractivity contribution < 1.29 is 4.74 Å². The molecule has 1 aliphatic rings. The highest BCUT2D eigenvalue weighted by Gasteiger charge is 2.25. The van der Waals surface area contributed by atoms with Gasteiger partial charge < -0.3 is 9.64 Å². The van der Waals surface area contributed by atoms with Crippen molar-refractivity contribution in [1.29, 1.82) is 0 Å². The fraction of sp³-hybridized carbons (Fsp3) is 0.273. The predicted octanol–water partition coefficient (Wildman–Crippen LogP) is 5.29. The molecule has 1 saturated heterocycles. The number of benzene rings is 2. The van der Waals surface area contributed by atoms with Gasteiger partial charge in [0.2, 0.25) is 5.88 Å². The summed E-state index contributed by atoms with van der Waals surface area (Å²) in [5.74, 6) is 2.09. The van der Waals surface area contributed by atoms with Crippen molar-refractivity contribution in [3.05, 3.63) is 76.5 Å². The summed E-state index contributed by atoms with van der Waals surface area (Å²) in [4.78, 5) is 13.4. The highest BCUT2D eigenvalue weighted by molar-refractivity contribution is 6.30. The molecule has 1 aliphatic heterocycles. The quantitative estimate of drug-likeness (QED) is 0.552. The number of rotatable bonds is 5. The number of hydrogen-bond acceptors (Lipinski definition) is 5. The first-order valence-electron chi connectivity index (χ1n) is 9.56. The van der Waals surface area contributed by atoms with E-state index in [9.17, 15) is 0 Å². The van der Waals surface area contributed by atoms with Crippen molar-refractivity contribution in [2.24, 2.45) is 0 Å². The average molecular weight is 429 g/mol. The molecule has 150 valence electrons. The van der Waals surface area contributed by atoms with Crippen molar-refractivity contribution in [2.75, 3.05) is 24.5 Å². The Balaban J connectivity index is 1.40. The van der Waals surface area contributed by atoms with Crippen LogP contribution in [0.3, 0.4) is 0 Å². The Morgan fingerprint density at radius 2 is 1.83 bits per heavy atom. The van der Waals surface area contributed by atoms with E-state index in [0.29, 0.717) is 22.7 Å². The van der Waals surface area contributed by atoms with Crippen LogP contribution in [0, 0.1) is 0 Å². The van der Waals surface area contributed by atoms with E-state index in [1.54, 1.807) is 18.5 Å². The van der Waals surface area contributed by atoms with Crippen LogP contribution in [0.4, 0.5) is 5.82 Å². The lowest BCUT2D eigenvalue weighted by Crippen LogP contribution is -2.51. The van der Waals surface area contributed by atoms with Crippen molar-refractivity contribution in [2.45, 2.75) is 19.5 Å². The number of piperazine rings is 1. The molecule has 29 heavy (non-hydrogen) atoms. The first kappa shape index (κ1) is 20.0. The van der Waals surface area contributed by atoms with E-state index in [4.69, 9.17) is 27.9 Å². The minimum absolute atomic E-state index is 0.387. The Morgan fingerprint density at radius 3 is 2.59 bits per heavy atom. The summed E-state index contributed by atoms with van der Waals surface area (Å²) >= 11 is 12.1. The zero-order valence-electron chi connectivity index (χ0n) is 16.1. The maximum Gasteiger partial charge on any atom is 0.224 e. The molecule has 1 fully saturated rings. The van der Waals surface area contributed by atoms with Gasteiger partial charge in [0.1, 0.15) is 17.9 Å². The van der Waals surface area contributed by atoms with Gasteiger partial charge >= 0.3 is 0 Å². The molecule has 0 bridgehead atoms. The summed E-state index contributed by atoms with van der Waals surface area (Å²) in [5, 5.41) is 1.45. The summed E-state index contributed by atoms with van der Waals surface area (Å²) in [7, 11) is 0. The van der Waals surface area contributed by atoms with Crippen LogP contribution in [0.25, 0.3) is 0 Å². The second-order valence-corrected chi connectivity index (χ2v) is 8.04. The molecule has 0 saturated carbocycles. The molecule has 3 aromatic rings. The smallest absolute Gasteiger partial charge is 0.224 e. The molecule has 1 atom stereocenters.